The molecule has 104 valence electrons. The molecule has 0 fully saturated rings. The molecule has 0 saturated carbocycles. The summed E-state index contributed by atoms with van der Waals surface area (Å²) >= 11 is 0. The van der Waals surface area contributed by atoms with Crippen molar-refractivity contribution < 1.29 is 18.7 Å². The van der Waals surface area contributed by atoms with Crippen LogP contribution in [0.2, 0.25) is 0 Å². The fraction of sp³-hybridized carbons (Fsp3) is 0.250. The molecule has 4 nitrogen and oxygen atoms in total. The van der Waals surface area contributed by atoms with Crippen LogP contribution in [0.25, 0.3) is 11.3 Å². The molecule has 0 N–H and O–H groups in total. The third-order valence-corrected chi connectivity index (χ3v) is 2.88. The van der Waals surface area contributed by atoms with Crippen molar-refractivity contribution in [1.29, 1.82) is 0 Å². The minimum atomic E-state index is -0.195. The van der Waals surface area contributed by atoms with Crippen molar-refractivity contribution in [2.24, 2.45) is 0 Å². The number of benzene rings is 1. The Bertz CT molecular complexity index is 598. The van der Waals surface area contributed by atoms with Crippen LogP contribution in [0.5, 0.6) is 0 Å². The minimum absolute atomic E-state index is 0.195. The van der Waals surface area contributed by atoms with Crippen LogP contribution in [0, 0.1) is 0 Å². The van der Waals surface area contributed by atoms with Crippen LogP contribution >= 0.6 is 0 Å². The smallest absolute Gasteiger partial charge is 0.306 e. The largest absolute Gasteiger partial charge is 0.466 e. The number of carbonyl (C=O) groups excluding carboxylic acids is 2. The van der Waals surface area contributed by atoms with E-state index in [9.17, 15) is 9.59 Å². The molecule has 0 aliphatic heterocycles. The van der Waals surface area contributed by atoms with Crippen molar-refractivity contribution in [3.05, 3.63) is 47.7 Å². The second-order valence-corrected chi connectivity index (χ2v) is 4.33. The lowest BCUT2D eigenvalue weighted by Gasteiger charge is -2.04. The summed E-state index contributed by atoms with van der Waals surface area (Å²) in [6.07, 6.45) is 1.65. The molecule has 0 amide bonds. The van der Waals surface area contributed by atoms with Gasteiger partial charge < -0.3 is 9.15 Å². The topological polar surface area (TPSA) is 56.5 Å². The summed E-state index contributed by atoms with van der Waals surface area (Å²) in [7, 11) is 0. The number of hydrogen-bond donors (Lipinski definition) is 0. The Morgan fingerprint density at radius 2 is 2.15 bits per heavy atom. The summed E-state index contributed by atoms with van der Waals surface area (Å²) in [5.74, 6) is 0.751. The van der Waals surface area contributed by atoms with Gasteiger partial charge in [-0.2, -0.15) is 0 Å². The van der Waals surface area contributed by atoms with Crippen molar-refractivity contribution in [2.75, 3.05) is 6.61 Å². The van der Waals surface area contributed by atoms with E-state index in [2.05, 4.69) is 0 Å². The number of carbonyl (C=O) groups is 2. The van der Waals surface area contributed by atoms with Crippen LogP contribution in [0.15, 0.2) is 40.8 Å². The maximum absolute atomic E-state index is 11.3. The molecule has 0 saturated heterocycles. The number of aldehydes is 1. The highest BCUT2D eigenvalue weighted by atomic mass is 16.5. The van der Waals surface area contributed by atoms with Gasteiger partial charge in [0, 0.05) is 12.0 Å². The molecular weight excluding hydrogens is 256 g/mol. The first kappa shape index (κ1) is 14.1. The number of aryl methyl sites for hydroxylation is 1. The van der Waals surface area contributed by atoms with Gasteiger partial charge in [0.1, 0.15) is 5.76 Å². The summed E-state index contributed by atoms with van der Waals surface area (Å²) in [6.45, 7) is 2.19. The zero-order valence-corrected chi connectivity index (χ0v) is 11.3. The van der Waals surface area contributed by atoms with Gasteiger partial charge in [-0.1, -0.05) is 18.2 Å². The van der Waals surface area contributed by atoms with Gasteiger partial charge >= 0.3 is 5.97 Å². The Balaban J connectivity index is 2.07. The second-order valence-electron chi connectivity index (χ2n) is 4.33. The molecule has 4 heteroatoms. The van der Waals surface area contributed by atoms with E-state index in [1.165, 1.54) is 0 Å². The van der Waals surface area contributed by atoms with E-state index in [0.29, 0.717) is 37.3 Å². The lowest BCUT2D eigenvalue weighted by atomic mass is 10.1. The zero-order valence-electron chi connectivity index (χ0n) is 11.3. The normalized spacial score (nSPS) is 10.2. The average Bonchev–Trinajstić information content (AvgIpc) is 2.95. The van der Waals surface area contributed by atoms with Crippen molar-refractivity contribution in [3.8, 4) is 11.3 Å². The predicted octanol–water partition coefficient (Wildman–Crippen LogP) is 3.25. The van der Waals surface area contributed by atoms with Gasteiger partial charge in [-0.25, -0.2) is 0 Å². The first-order valence-corrected chi connectivity index (χ1v) is 6.53. The molecule has 2 rings (SSSR count). The summed E-state index contributed by atoms with van der Waals surface area (Å²) in [5, 5.41) is 0. The van der Waals surface area contributed by atoms with Crippen LogP contribution in [0.1, 0.15) is 29.5 Å². The highest BCUT2D eigenvalue weighted by Gasteiger charge is 2.07. The van der Waals surface area contributed by atoms with Crippen molar-refractivity contribution >= 4 is 12.3 Å². The van der Waals surface area contributed by atoms with Crippen LogP contribution in [-0.4, -0.2) is 18.9 Å². The molecule has 0 spiro atoms. The van der Waals surface area contributed by atoms with Gasteiger partial charge in [-0.3, -0.25) is 9.59 Å². The van der Waals surface area contributed by atoms with Crippen LogP contribution in [0.3, 0.4) is 0 Å². The van der Waals surface area contributed by atoms with E-state index in [1.807, 2.05) is 24.3 Å². The van der Waals surface area contributed by atoms with Crippen LogP contribution < -0.4 is 0 Å². The molecule has 1 aromatic carbocycles. The second kappa shape index (κ2) is 6.70. The predicted molar refractivity (Wildman–Crippen MR) is 74.5 cm³/mol. The van der Waals surface area contributed by atoms with Gasteiger partial charge in [0.05, 0.1) is 6.61 Å². The molecule has 0 bridgehead atoms. The Hall–Kier alpha value is -2.36. The lowest BCUT2D eigenvalue weighted by Crippen LogP contribution is -2.05. The van der Waals surface area contributed by atoms with Crippen molar-refractivity contribution in [3.63, 3.8) is 0 Å². The molecule has 0 unspecified atom stereocenters. The SMILES string of the molecule is CCOC(=O)CCc1cccc(-c2ccc(C=O)o2)c1. The van der Waals surface area contributed by atoms with Crippen LogP contribution in [0.4, 0.5) is 0 Å². The number of esters is 1. The monoisotopic (exact) mass is 272 g/mol. The van der Waals surface area contributed by atoms with Gasteiger partial charge in [-0.05, 0) is 37.1 Å². The zero-order chi connectivity index (χ0) is 14.4. The Morgan fingerprint density at radius 1 is 1.30 bits per heavy atom. The number of ether oxygens (including phenoxy) is 1. The number of rotatable bonds is 6. The standard InChI is InChI=1S/C16H16O4/c1-2-19-16(18)9-6-12-4-3-5-13(10-12)15-8-7-14(11-17)20-15/h3-5,7-8,10-11H,2,6,9H2,1H3. The van der Waals surface area contributed by atoms with E-state index in [1.54, 1.807) is 19.1 Å². The van der Waals surface area contributed by atoms with Crippen molar-refractivity contribution in [2.45, 2.75) is 19.8 Å². The molecule has 20 heavy (non-hydrogen) atoms. The van der Waals surface area contributed by atoms with Crippen molar-refractivity contribution in [1.82, 2.24) is 0 Å². The molecule has 1 aromatic heterocycles. The Morgan fingerprint density at radius 3 is 2.85 bits per heavy atom. The average molecular weight is 272 g/mol. The summed E-state index contributed by atoms with van der Waals surface area (Å²) < 4.78 is 10.3. The Kier molecular flexibility index (Phi) is 4.71. The van der Waals surface area contributed by atoms with Crippen LogP contribution in [-0.2, 0) is 16.0 Å². The maximum Gasteiger partial charge on any atom is 0.306 e. The number of hydrogen-bond acceptors (Lipinski definition) is 4. The quantitative estimate of drug-likeness (QED) is 0.598. The fourth-order valence-electron chi connectivity index (χ4n) is 1.93. The van der Waals surface area contributed by atoms with E-state index in [-0.39, 0.29) is 5.97 Å². The minimum Gasteiger partial charge on any atom is -0.466 e. The highest BCUT2D eigenvalue weighted by molar-refractivity contribution is 5.73. The molecule has 0 aliphatic carbocycles. The van der Waals surface area contributed by atoms with E-state index in [0.717, 1.165) is 11.1 Å². The number of furan rings is 1. The molecule has 2 aromatic rings. The van der Waals surface area contributed by atoms with Gasteiger partial charge in [0.25, 0.3) is 0 Å². The first-order valence-electron chi connectivity index (χ1n) is 6.53. The molecule has 1 heterocycles. The first-order chi connectivity index (χ1) is 9.72. The van der Waals surface area contributed by atoms with E-state index in [4.69, 9.17) is 9.15 Å². The maximum atomic E-state index is 11.3. The summed E-state index contributed by atoms with van der Waals surface area (Å²) in [4.78, 5) is 21.9. The third kappa shape index (κ3) is 3.57. The fourth-order valence-corrected chi connectivity index (χ4v) is 1.93. The Labute approximate surface area is 117 Å². The van der Waals surface area contributed by atoms with Gasteiger partial charge in [0.2, 0.25) is 0 Å². The summed E-state index contributed by atoms with van der Waals surface area (Å²) in [6, 6.07) is 11.1. The highest BCUT2D eigenvalue weighted by Crippen LogP contribution is 2.23. The lowest BCUT2D eigenvalue weighted by molar-refractivity contribution is -0.143. The van der Waals surface area contributed by atoms with E-state index >= 15 is 0 Å². The van der Waals surface area contributed by atoms with Gasteiger partial charge in [-0.15, -0.1) is 0 Å². The molecule has 0 atom stereocenters. The third-order valence-electron chi connectivity index (χ3n) is 2.88. The summed E-state index contributed by atoms with van der Waals surface area (Å²) in [5.41, 5.74) is 1.92. The van der Waals surface area contributed by atoms with E-state index < -0.39 is 0 Å². The molecule has 0 radical (unpaired) electrons. The van der Waals surface area contributed by atoms with Gasteiger partial charge in [0.15, 0.2) is 12.0 Å². The molecular formula is C16H16O4. The molecule has 0 aliphatic rings.